The Balaban J connectivity index is 1.79. The number of nitrogens with zero attached hydrogens (tertiary/aromatic N) is 1. The number of anilines is 1. The van der Waals surface area contributed by atoms with Gasteiger partial charge in [0, 0.05) is 6.04 Å². The number of nitrogens with one attached hydrogen (secondary N) is 3. The molecule has 2 amide bonds. The zero-order valence-corrected chi connectivity index (χ0v) is 8.62. The van der Waals surface area contributed by atoms with Gasteiger partial charge in [0.1, 0.15) is 5.69 Å². The fourth-order valence-corrected chi connectivity index (χ4v) is 1.23. The van der Waals surface area contributed by atoms with Gasteiger partial charge in [-0.05, 0) is 12.8 Å². The van der Waals surface area contributed by atoms with Crippen LogP contribution in [0.4, 0.5) is 5.69 Å². The van der Waals surface area contributed by atoms with E-state index in [1.54, 1.807) is 0 Å². The quantitative estimate of drug-likeness (QED) is 0.524. The Bertz CT molecular complexity index is 410. The maximum atomic E-state index is 11.5. The minimum Gasteiger partial charge on any atom is -0.396 e. The Morgan fingerprint density at radius 2 is 2.31 bits per heavy atom. The van der Waals surface area contributed by atoms with Gasteiger partial charge in [-0.3, -0.25) is 14.7 Å². The average molecular weight is 223 g/mol. The largest absolute Gasteiger partial charge is 0.396 e. The molecule has 1 aliphatic rings. The number of aromatic nitrogens is 2. The summed E-state index contributed by atoms with van der Waals surface area (Å²) in [4.78, 5) is 22.8. The van der Waals surface area contributed by atoms with Crippen molar-refractivity contribution in [3.8, 4) is 0 Å². The van der Waals surface area contributed by atoms with Gasteiger partial charge in [-0.2, -0.15) is 5.10 Å². The van der Waals surface area contributed by atoms with Crippen molar-refractivity contribution in [3.63, 3.8) is 0 Å². The minimum atomic E-state index is -0.430. The van der Waals surface area contributed by atoms with Gasteiger partial charge in [0.05, 0.1) is 18.4 Å². The average Bonchev–Trinajstić information content (AvgIpc) is 2.95. The van der Waals surface area contributed by atoms with Crippen molar-refractivity contribution >= 4 is 17.5 Å². The van der Waals surface area contributed by atoms with E-state index in [0.29, 0.717) is 6.04 Å². The van der Waals surface area contributed by atoms with Gasteiger partial charge in [0.25, 0.3) is 5.91 Å². The predicted octanol–water partition coefficient (Wildman–Crippen LogP) is -1.000. The van der Waals surface area contributed by atoms with E-state index in [1.807, 2.05) is 0 Å². The highest BCUT2D eigenvalue weighted by Gasteiger charge is 2.23. The molecular weight excluding hydrogens is 210 g/mol. The summed E-state index contributed by atoms with van der Waals surface area (Å²) in [5.41, 5.74) is 5.93. The second kappa shape index (κ2) is 4.21. The zero-order valence-electron chi connectivity index (χ0n) is 8.62. The first-order chi connectivity index (χ1) is 7.66. The van der Waals surface area contributed by atoms with Gasteiger partial charge < -0.3 is 16.4 Å². The van der Waals surface area contributed by atoms with Crippen molar-refractivity contribution < 1.29 is 9.59 Å². The maximum absolute atomic E-state index is 11.5. The second-order valence-corrected chi connectivity index (χ2v) is 3.72. The lowest BCUT2D eigenvalue weighted by molar-refractivity contribution is -0.120. The van der Waals surface area contributed by atoms with Gasteiger partial charge in [-0.1, -0.05) is 0 Å². The molecule has 1 aromatic rings. The predicted molar refractivity (Wildman–Crippen MR) is 56.5 cm³/mol. The first-order valence-corrected chi connectivity index (χ1v) is 5.03. The Morgan fingerprint density at radius 3 is 2.88 bits per heavy atom. The van der Waals surface area contributed by atoms with Crippen molar-refractivity contribution in [2.45, 2.75) is 18.9 Å². The van der Waals surface area contributed by atoms with Crippen LogP contribution in [0.5, 0.6) is 0 Å². The summed E-state index contributed by atoms with van der Waals surface area (Å²) in [6.45, 7) is -0.0478. The van der Waals surface area contributed by atoms with Gasteiger partial charge in [-0.25, -0.2) is 0 Å². The number of aromatic amines is 1. The monoisotopic (exact) mass is 223 g/mol. The van der Waals surface area contributed by atoms with Crippen LogP contribution in [0.3, 0.4) is 0 Å². The van der Waals surface area contributed by atoms with Crippen LogP contribution < -0.4 is 16.4 Å². The molecule has 0 saturated heterocycles. The number of H-pyrrole nitrogens is 1. The van der Waals surface area contributed by atoms with Gasteiger partial charge in [-0.15, -0.1) is 0 Å². The van der Waals surface area contributed by atoms with Crippen molar-refractivity contribution in [2.24, 2.45) is 0 Å². The topological polar surface area (TPSA) is 113 Å². The molecule has 86 valence electrons. The van der Waals surface area contributed by atoms with E-state index in [2.05, 4.69) is 20.8 Å². The van der Waals surface area contributed by atoms with E-state index in [0.717, 1.165) is 12.8 Å². The SMILES string of the molecule is Nc1cn[nH]c1C(=O)NCC(=O)NC1CC1. The molecule has 1 heterocycles. The highest BCUT2D eigenvalue weighted by Crippen LogP contribution is 2.18. The van der Waals surface area contributed by atoms with Crippen LogP contribution in [0.2, 0.25) is 0 Å². The van der Waals surface area contributed by atoms with Crippen LogP contribution in [0.25, 0.3) is 0 Å². The molecule has 0 radical (unpaired) electrons. The summed E-state index contributed by atoms with van der Waals surface area (Å²) < 4.78 is 0. The Morgan fingerprint density at radius 1 is 1.56 bits per heavy atom. The summed E-state index contributed by atoms with van der Waals surface area (Å²) in [5, 5.41) is 11.3. The summed E-state index contributed by atoms with van der Waals surface area (Å²) >= 11 is 0. The molecule has 1 fully saturated rings. The second-order valence-electron chi connectivity index (χ2n) is 3.72. The summed E-state index contributed by atoms with van der Waals surface area (Å²) in [6.07, 6.45) is 3.39. The van der Waals surface area contributed by atoms with E-state index in [-0.39, 0.29) is 23.8 Å². The summed E-state index contributed by atoms with van der Waals surface area (Å²) in [7, 11) is 0. The number of nitrogen functional groups attached to an aromatic ring is 1. The van der Waals surface area contributed by atoms with Crippen LogP contribution in [0.1, 0.15) is 23.3 Å². The Hall–Kier alpha value is -2.05. The number of hydrogen-bond donors (Lipinski definition) is 4. The third kappa shape index (κ3) is 2.50. The normalized spacial score (nSPS) is 14.5. The smallest absolute Gasteiger partial charge is 0.271 e. The molecule has 16 heavy (non-hydrogen) atoms. The van der Waals surface area contributed by atoms with Gasteiger partial charge in [0.15, 0.2) is 0 Å². The summed E-state index contributed by atoms with van der Waals surface area (Å²) in [6, 6.07) is 0.293. The first-order valence-electron chi connectivity index (χ1n) is 5.03. The lowest BCUT2D eigenvalue weighted by atomic mass is 10.3. The summed E-state index contributed by atoms with van der Waals surface area (Å²) in [5.74, 6) is -0.616. The highest BCUT2D eigenvalue weighted by molar-refractivity contribution is 5.98. The fourth-order valence-electron chi connectivity index (χ4n) is 1.23. The number of nitrogens with two attached hydrogens (primary N) is 1. The van der Waals surface area contributed by atoms with Gasteiger partial charge in [0.2, 0.25) is 5.91 Å². The van der Waals surface area contributed by atoms with Gasteiger partial charge >= 0.3 is 0 Å². The van der Waals surface area contributed by atoms with E-state index < -0.39 is 5.91 Å². The maximum Gasteiger partial charge on any atom is 0.271 e. The van der Waals surface area contributed by atoms with Crippen molar-refractivity contribution in [1.29, 1.82) is 0 Å². The molecule has 2 rings (SSSR count). The molecule has 0 unspecified atom stereocenters. The molecule has 7 heteroatoms. The molecule has 0 aromatic carbocycles. The van der Waals surface area contributed by atoms with Crippen LogP contribution in [0.15, 0.2) is 6.20 Å². The molecule has 0 spiro atoms. The van der Waals surface area contributed by atoms with Crippen LogP contribution in [0, 0.1) is 0 Å². The Labute approximate surface area is 91.8 Å². The number of hydrogen-bond acceptors (Lipinski definition) is 4. The molecule has 0 bridgehead atoms. The van der Waals surface area contributed by atoms with E-state index in [1.165, 1.54) is 6.20 Å². The molecule has 1 aliphatic carbocycles. The molecule has 0 atom stereocenters. The molecule has 1 aromatic heterocycles. The van der Waals surface area contributed by atoms with Crippen molar-refractivity contribution in [2.75, 3.05) is 12.3 Å². The van der Waals surface area contributed by atoms with E-state index >= 15 is 0 Å². The zero-order chi connectivity index (χ0) is 11.5. The number of amides is 2. The van der Waals surface area contributed by atoms with Crippen LogP contribution in [-0.2, 0) is 4.79 Å². The first kappa shape index (κ1) is 10.5. The number of rotatable bonds is 4. The molecule has 5 N–H and O–H groups in total. The number of carbonyl (C=O) groups excluding carboxylic acids is 2. The lowest BCUT2D eigenvalue weighted by Crippen LogP contribution is -2.38. The fraction of sp³-hybridized carbons (Fsp3) is 0.444. The number of carbonyl (C=O) groups is 2. The van der Waals surface area contributed by atoms with Crippen molar-refractivity contribution in [3.05, 3.63) is 11.9 Å². The Kier molecular flexibility index (Phi) is 2.76. The van der Waals surface area contributed by atoms with E-state index in [9.17, 15) is 9.59 Å². The van der Waals surface area contributed by atoms with Crippen LogP contribution in [-0.4, -0.2) is 34.6 Å². The molecule has 0 aliphatic heterocycles. The third-order valence-electron chi connectivity index (χ3n) is 2.25. The van der Waals surface area contributed by atoms with E-state index in [4.69, 9.17) is 5.73 Å². The van der Waals surface area contributed by atoms with Crippen molar-refractivity contribution in [1.82, 2.24) is 20.8 Å². The highest BCUT2D eigenvalue weighted by atomic mass is 16.2. The third-order valence-corrected chi connectivity index (χ3v) is 2.25. The molecular formula is C9H13N5O2. The van der Waals surface area contributed by atoms with Crippen LogP contribution >= 0.6 is 0 Å². The minimum absolute atomic E-state index is 0.0478. The lowest BCUT2D eigenvalue weighted by Gasteiger charge is -2.04. The molecule has 7 nitrogen and oxygen atoms in total. The standard InChI is InChI=1S/C9H13N5O2/c10-6-3-12-14-8(6)9(16)11-4-7(15)13-5-1-2-5/h3,5H,1-2,4,10H2,(H,11,16)(H,12,14)(H,13,15). The molecule has 1 saturated carbocycles.